The van der Waals surface area contributed by atoms with E-state index in [0.29, 0.717) is 12.1 Å². The number of nitrogens with zero attached hydrogens (tertiary/aromatic N) is 3. The van der Waals surface area contributed by atoms with Crippen LogP contribution in [-0.4, -0.2) is 35.8 Å². The second-order valence-corrected chi connectivity index (χ2v) is 5.58. The molecular weight excluding hydrogens is 260 g/mol. The molecule has 1 aliphatic heterocycles. The van der Waals surface area contributed by atoms with E-state index in [1.54, 1.807) is 11.3 Å². The standard InChI is InChI=1S/C13H18N4OS/c1-2-18-9-3-6-17(7-4-9)11-10-5-8-19-12(10)16-13(14)15-11/h5,8-9H,2-4,6-7H2,1H3,(H2,14,15,16). The zero-order chi connectivity index (χ0) is 13.2. The first-order valence-electron chi connectivity index (χ1n) is 6.65. The number of hydrogen-bond donors (Lipinski definition) is 1. The van der Waals surface area contributed by atoms with Gasteiger partial charge >= 0.3 is 0 Å². The number of hydrogen-bond acceptors (Lipinski definition) is 6. The maximum absolute atomic E-state index is 5.80. The van der Waals surface area contributed by atoms with Crippen LogP contribution in [0.2, 0.25) is 0 Å². The Kier molecular flexibility index (Phi) is 3.52. The topological polar surface area (TPSA) is 64.3 Å². The first-order chi connectivity index (χ1) is 9.28. The Morgan fingerprint density at radius 2 is 2.21 bits per heavy atom. The number of piperidine rings is 1. The summed E-state index contributed by atoms with van der Waals surface area (Å²) < 4.78 is 5.68. The van der Waals surface area contributed by atoms with Crippen LogP contribution < -0.4 is 10.6 Å². The van der Waals surface area contributed by atoms with Gasteiger partial charge in [-0.15, -0.1) is 11.3 Å². The van der Waals surface area contributed by atoms with Crippen molar-refractivity contribution in [3.63, 3.8) is 0 Å². The van der Waals surface area contributed by atoms with Crippen molar-refractivity contribution in [1.29, 1.82) is 0 Å². The van der Waals surface area contributed by atoms with Crippen molar-refractivity contribution in [2.75, 3.05) is 30.3 Å². The number of nitrogen functional groups attached to an aromatic ring is 1. The van der Waals surface area contributed by atoms with Gasteiger partial charge < -0.3 is 15.4 Å². The van der Waals surface area contributed by atoms with Gasteiger partial charge in [0.15, 0.2) is 0 Å². The third kappa shape index (κ3) is 2.50. The third-order valence-electron chi connectivity index (χ3n) is 3.47. The smallest absolute Gasteiger partial charge is 0.223 e. The number of nitrogens with two attached hydrogens (primary N) is 1. The molecule has 0 bridgehead atoms. The largest absolute Gasteiger partial charge is 0.378 e. The lowest BCUT2D eigenvalue weighted by molar-refractivity contribution is 0.0459. The van der Waals surface area contributed by atoms with Crippen LogP contribution in [0.15, 0.2) is 11.4 Å². The fourth-order valence-corrected chi connectivity index (χ4v) is 3.33. The van der Waals surface area contributed by atoms with Gasteiger partial charge in [0.25, 0.3) is 0 Å². The highest BCUT2D eigenvalue weighted by Gasteiger charge is 2.22. The fraction of sp³-hybridized carbons (Fsp3) is 0.538. The van der Waals surface area contributed by atoms with Crippen molar-refractivity contribution >= 4 is 33.3 Å². The Morgan fingerprint density at radius 1 is 1.42 bits per heavy atom. The highest BCUT2D eigenvalue weighted by molar-refractivity contribution is 7.16. The zero-order valence-electron chi connectivity index (χ0n) is 11.0. The summed E-state index contributed by atoms with van der Waals surface area (Å²) in [6.45, 7) is 4.77. The van der Waals surface area contributed by atoms with Crippen LogP contribution >= 0.6 is 11.3 Å². The molecule has 1 aliphatic rings. The van der Waals surface area contributed by atoms with E-state index in [1.807, 2.05) is 12.3 Å². The minimum atomic E-state index is 0.358. The maximum Gasteiger partial charge on any atom is 0.223 e. The van der Waals surface area contributed by atoms with Crippen molar-refractivity contribution in [3.8, 4) is 0 Å². The molecule has 2 aromatic heterocycles. The molecule has 19 heavy (non-hydrogen) atoms. The van der Waals surface area contributed by atoms with Crippen LogP contribution in [-0.2, 0) is 4.74 Å². The molecular formula is C13H18N4OS. The van der Waals surface area contributed by atoms with Gasteiger partial charge in [0.05, 0.1) is 11.5 Å². The SMILES string of the molecule is CCOC1CCN(c2nc(N)nc3sccc23)CC1. The first kappa shape index (κ1) is 12.6. The maximum atomic E-state index is 5.80. The molecule has 0 radical (unpaired) electrons. The molecule has 6 heteroatoms. The van der Waals surface area contributed by atoms with Gasteiger partial charge in [-0.25, -0.2) is 4.98 Å². The van der Waals surface area contributed by atoms with Gasteiger partial charge in [0.1, 0.15) is 10.6 Å². The van der Waals surface area contributed by atoms with E-state index in [-0.39, 0.29) is 0 Å². The summed E-state index contributed by atoms with van der Waals surface area (Å²) in [6, 6.07) is 2.07. The molecule has 0 amide bonds. The molecule has 5 nitrogen and oxygen atoms in total. The van der Waals surface area contributed by atoms with Crippen LogP contribution in [0.25, 0.3) is 10.2 Å². The van der Waals surface area contributed by atoms with E-state index in [1.165, 1.54) is 0 Å². The quantitative estimate of drug-likeness (QED) is 0.933. The minimum Gasteiger partial charge on any atom is -0.378 e. The molecule has 0 unspecified atom stereocenters. The van der Waals surface area contributed by atoms with Gasteiger partial charge in [-0.2, -0.15) is 4.98 Å². The molecule has 2 N–H and O–H groups in total. The highest BCUT2D eigenvalue weighted by atomic mass is 32.1. The van der Waals surface area contributed by atoms with E-state index in [2.05, 4.69) is 20.9 Å². The van der Waals surface area contributed by atoms with E-state index in [0.717, 1.165) is 48.6 Å². The van der Waals surface area contributed by atoms with Gasteiger partial charge in [-0.1, -0.05) is 0 Å². The lowest BCUT2D eigenvalue weighted by Gasteiger charge is -2.32. The average molecular weight is 278 g/mol. The molecule has 0 spiro atoms. The van der Waals surface area contributed by atoms with Crippen LogP contribution in [0, 0.1) is 0 Å². The van der Waals surface area contributed by atoms with E-state index in [9.17, 15) is 0 Å². The lowest BCUT2D eigenvalue weighted by Crippen LogP contribution is -2.37. The van der Waals surface area contributed by atoms with Gasteiger partial charge in [-0.05, 0) is 31.2 Å². The summed E-state index contributed by atoms with van der Waals surface area (Å²) in [4.78, 5) is 12.0. The van der Waals surface area contributed by atoms with Gasteiger partial charge in [-0.3, -0.25) is 0 Å². The number of anilines is 2. The Hall–Kier alpha value is -1.40. The lowest BCUT2D eigenvalue weighted by atomic mass is 10.1. The monoisotopic (exact) mass is 278 g/mol. The van der Waals surface area contributed by atoms with Gasteiger partial charge in [0, 0.05) is 19.7 Å². The summed E-state index contributed by atoms with van der Waals surface area (Å²) in [5, 5.41) is 3.14. The highest BCUT2D eigenvalue weighted by Crippen LogP contribution is 2.30. The molecule has 0 saturated carbocycles. The molecule has 2 aromatic rings. The summed E-state index contributed by atoms with van der Waals surface area (Å²) in [5.74, 6) is 1.33. The fourth-order valence-electron chi connectivity index (χ4n) is 2.57. The zero-order valence-corrected chi connectivity index (χ0v) is 11.8. The Bertz CT molecular complexity index is 563. The normalized spacial score (nSPS) is 17.2. The number of fused-ring (bicyclic) bond motifs is 1. The van der Waals surface area contributed by atoms with Gasteiger partial charge in [0.2, 0.25) is 5.95 Å². The van der Waals surface area contributed by atoms with Crippen molar-refractivity contribution in [3.05, 3.63) is 11.4 Å². The molecule has 3 heterocycles. The molecule has 0 aliphatic carbocycles. The average Bonchev–Trinajstić information content (AvgIpc) is 2.87. The van der Waals surface area contributed by atoms with Crippen molar-refractivity contribution < 1.29 is 4.74 Å². The molecule has 3 rings (SSSR count). The number of aromatic nitrogens is 2. The predicted molar refractivity (Wildman–Crippen MR) is 78.7 cm³/mol. The van der Waals surface area contributed by atoms with E-state index < -0.39 is 0 Å². The van der Waals surface area contributed by atoms with E-state index >= 15 is 0 Å². The van der Waals surface area contributed by atoms with Crippen molar-refractivity contribution in [2.45, 2.75) is 25.9 Å². The molecule has 0 aromatic carbocycles. The second kappa shape index (κ2) is 5.30. The third-order valence-corrected chi connectivity index (χ3v) is 4.27. The number of rotatable bonds is 3. The number of thiophene rings is 1. The first-order valence-corrected chi connectivity index (χ1v) is 7.53. The van der Waals surface area contributed by atoms with Crippen LogP contribution in [0.3, 0.4) is 0 Å². The van der Waals surface area contributed by atoms with Crippen molar-refractivity contribution in [2.24, 2.45) is 0 Å². The Balaban J connectivity index is 1.83. The number of ether oxygens (including phenoxy) is 1. The molecule has 1 saturated heterocycles. The minimum absolute atomic E-state index is 0.358. The van der Waals surface area contributed by atoms with Crippen molar-refractivity contribution in [1.82, 2.24) is 9.97 Å². The van der Waals surface area contributed by atoms with Crippen LogP contribution in [0.1, 0.15) is 19.8 Å². The molecule has 102 valence electrons. The Morgan fingerprint density at radius 3 is 2.95 bits per heavy atom. The summed E-state index contributed by atoms with van der Waals surface area (Å²) >= 11 is 1.61. The second-order valence-electron chi connectivity index (χ2n) is 4.69. The Labute approximate surface area is 116 Å². The van der Waals surface area contributed by atoms with Crippen LogP contribution in [0.5, 0.6) is 0 Å². The predicted octanol–water partition coefficient (Wildman–Crippen LogP) is 2.28. The molecule has 0 atom stereocenters. The summed E-state index contributed by atoms with van der Waals surface area (Å²) in [7, 11) is 0. The van der Waals surface area contributed by atoms with Crippen LogP contribution in [0.4, 0.5) is 11.8 Å². The summed E-state index contributed by atoms with van der Waals surface area (Å²) in [6.07, 6.45) is 2.48. The van der Waals surface area contributed by atoms with E-state index in [4.69, 9.17) is 10.5 Å². The molecule has 1 fully saturated rings. The summed E-state index contributed by atoms with van der Waals surface area (Å²) in [5.41, 5.74) is 5.80.